The predicted molar refractivity (Wildman–Crippen MR) is 135 cm³/mol. The average Bonchev–Trinajstić information content (AvgIpc) is 3.48. The molecule has 0 radical (unpaired) electrons. The van der Waals surface area contributed by atoms with Gasteiger partial charge in [0.1, 0.15) is 6.17 Å². The topological polar surface area (TPSA) is 41.7 Å². The molecule has 1 N–H and O–H groups in total. The molecule has 1 unspecified atom stereocenters. The van der Waals surface area contributed by atoms with Crippen molar-refractivity contribution in [3.8, 4) is 5.69 Å². The fourth-order valence-electron chi connectivity index (χ4n) is 7.00. The Hall–Kier alpha value is -2.14. The monoisotopic (exact) mass is 564 g/mol. The molecule has 1 spiro atoms. The van der Waals surface area contributed by atoms with Gasteiger partial charge in [-0.15, -0.1) is 5.43 Å². The van der Waals surface area contributed by atoms with E-state index in [1.807, 2.05) is 12.1 Å². The van der Waals surface area contributed by atoms with Crippen molar-refractivity contribution in [1.82, 2.24) is 19.3 Å². The number of pyridine rings is 1. The first-order valence-corrected chi connectivity index (χ1v) is 13.3. The van der Waals surface area contributed by atoms with Crippen LogP contribution in [-0.4, -0.2) is 51.4 Å². The highest BCUT2D eigenvalue weighted by Gasteiger charge is 2.57. The Kier molecular flexibility index (Phi) is 5.50. The number of nitrogens with zero attached hydrogens (tertiary/aromatic N) is 4. The fourth-order valence-corrected chi connectivity index (χ4v) is 7.43. The molecule has 1 saturated carbocycles. The van der Waals surface area contributed by atoms with Crippen molar-refractivity contribution in [2.24, 2.45) is 5.92 Å². The maximum atomic E-state index is 13.7. The second kappa shape index (κ2) is 8.18. The first-order chi connectivity index (χ1) is 17.0. The molecule has 10 heteroatoms. The van der Waals surface area contributed by atoms with E-state index >= 15 is 0 Å². The smallest absolute Gasteiger partial charge is 0.267 e. The summed E-state index contributed by atoms with van der Waals surface area (Å²) in [5.41, 5.74) is 4.02. The van der Waals surface area contributed by atoms with Gasteiger partial charge in [-0.2, -0.15) is 13.2 Å². The summed E-state index contributed by atoms with van der Waals surface area (Å²) in [6.45, 7) is 5.51. The average molecular weight is 565 g/mol. The van der Waals surface area contributed by atoms with E-state index in [-0.39, 0.29) is 21.6 Å². The van der Waals surface area contributed by atoms with Crippen LogP contribution in [0.3, 0.4) is 0 Å². The molecule has 1 atom stereocenters. The van der Waals surface area contributed by atoms with Crippen LogP contribution in [0.15, 0.2) is 52.0 Å². The molecule has 2 aromatic heterocycles. The van der Waals surface area contributed by atoms with E-state index in [1.165, 1.54) is 29.8 Å². The third kappa shape index (κ3) is 3.68. The summed E-state index contributed by atoms with van der Waals surface area (Å²) in [5, 5.41) is 0. The normalized spacial score (nSPS) is 28.3. The molecule has 2 saturated heterocycles. The summed E-state index contributed by atoms with van der Waals surface area (Å²) in [6, 6.07) is 8.83. The molecule has 36 heavy (non-hydrogen) atoms. The van der Waals surface area contributed by atoms with Gasteiger partial charge >= 0.3 is 11.9 Å². The number of fused-ring (bicyclic) bond motifs is 1. The quantitative estimate of drug-likeness (QED) is 0.461. The molecule has 6 rings (SSSR count). The lowest BCUT2D eigenvalue weighted by Crippen LogP contribution is -2.61. The summed E-state index contributed by atoms with van der Waals surface area (Å²) in [7, 11) is 2.18. The molecular formula is C26H30BrF3N5O+. The predicted octanol–water partition coefficient (Wildman–Crippen LogP) is 4.88. The van der Waals surface area contributed by atoms with Gasteiger partial charge in [0.25, 0.3) is 0 Å². The molecule has 3 fully saturated rings. The van der Waals surface area contributed by atoms with Gasteiger partial charge in [0, 0.05) is 35.1 Å². The minimum absolute atomic E-state index is 0.114. The third-order valence-corrected chi connectivity index (χ3v) is 8.87. The molecule has 2 aliphatic heterocycles. The van der Waals surface area contributed by atoms with E-state index < -0.39 is 17.4 Å². The summed E-state index contributed by atoms with van der Waals surface area (Å²) in [5.74, 6) is 0.586. The van der Waals surface area contributed by atoms with Crippen LogP contribution < -0.4 is 11.1 Å². The van der Waals surface area contributed by atoms with Gasteiger partial charge in [-0.25, -0.2) is 14.3 Å². The number of alkyl halides is 3. The Morgan fingerprint density at radius 1 is 1.14 bits per heavy atom. The Morgan fingerprint density at radius 2 is 1.86 bits per heavy atom. The van der Waals surface area contributed by atoms with Crippen molar-refractivity contribution in [3.05, 3.63) is 68.8 Å². The lowest BCUT2D eigenvalue weighted by Gasteiger charge is -2.51. The minimum atomic E-state index is -4.57. The van der Waals surface area contributed by atoms with E-state index in [2.05, 4.69) is 46.3 Å². The van der Waals surface area contributed by atoms with Crippen LogP contribution in [0.2, 0.25) is 0 Å². The van der Waals surface area contributed by atoms with Crippen LogP contribution in [0.1, 0.15) is 43.7 Å². The zero-order chi connectivity index (χ0) is 25.5. The zero-order valence-corrected chi connectivity index (χ0v) is 21.9. The molecular weight excluding hydrogens is 535 g/mol. The molecule has 1 aliphatic carbocycles. The molecule has 192 valence electrons. The van der Waals surface area contributed by atoms with E-state index in [1.54, 1.807) is 6.07 Å². The van der Waals surface area contributed by atoms with Gasteiger partial charge in [0.15, 0.2) is 6.67 Å². The van der Waals surface area contributed by atoms with Crippen LogP contribution >= 0.6 is 15.9 Å². The van der Waals surface area contributed by atoms with Crippen molar-refractivity contribution < 1.29 is 17.8 Å². The number of benzene rings is 1. The van der Waals surface area contributed by atoms with E-state index in [0.29, 0.717) is 11.6 Å². The SMILES string of the molecule is CC1CC(c2cccc(-n3cc4c(C(F)(F)F)cc(Br)cn4c3=O)c2)(C2N[N+]3(CCCC3)CN2C)C1. The van der Waals surface area contributed by atoms with Crippen LogP contribution in [0.25, 0.3) is 11.2 Å². The number of hydrogen-bond donors (Lipinski definition) is 1. The minimum Gasteiger partial charge on any atom is -0.267 e. The molecule has 0 bridgehead atoms. The van der Waals surface area contributed by atoms with Crippen LogP contribution in [-0.2, 0) is 11.6 Å². The number of likely N-dealkylation sites (N-methyl/N-ethyl adjacent to an activating group) is 1. The maximum absolute atomic E-state index is 13.7. The first kappa shape index (κ1) is 24.2. The van der Waals surface area contributed by atoms with Gasteiger partial charge in [0.2, 0.25) is 0 Å². The summed E-state index contributed by atoms with van der Waals surface area (Å²) in [6.07, 6.45) is 2.79. The van der Waals surface area contributed by atoms with Crippen LogP contribution in [0.4, 0.5) is 13.2 Å². The van der Waals surface area contributed by atoms with Gasteiger partial charge < -0.3 is 0 Å². The molecule has 3 aliphatic rings. The fraction of sp³-hybridized carbons (Fsp3) is 0.500. The van der Waals surface area contributed by atoms with Crippen molar-refractivity contribution in [1.29, 1.82) is 0 Å². The molecule has 4 heterocycles. The van der Waals surface area contributed by atoms with Crippen LogP contribution in [0, 0.1) is 5.92 Å². The number of imidazole rings is 1. The van der Waals surface area contributed by atoms with Gasteiger partial charge in [0.05, 0.1) is 29.9 Å². The molecule has 1 aromatic carbocycles. The second-order valence-electron chi connectivity index (χ2n) is 11.1. The van der Waals surface area contributed by atoms with Crippen molar-refractivity contribution >= 4 is 21.4 Å². The highest BCUT2D eigenvalue weighted by atomic mass is 79.9. The summed E-state index contributed by atoms with van der Waals surface area (Å²) >= 11 is 3.12. The Balaban J connectivity index is 1.44. The van der Waals surface area contributed by atoms with Crippen molar-refractivity contribution in [2.45, 2.75) is 50.4 Å². The third-order valence-electron chi connectivity index (χ3n) is 8.44. The van der Waals surface area contributed by atoms with Gasteiger partial charge in [-0.3, -0.25) is 8.97 Å². The lowest BCUT2D eigenvalue weighted by molar-refractivity contribution is -0.951. The highest BCUT2D eigenvalue weighted by Crippen LogP contribution is 2.52. The lowest BCUT2D eigenvalue weighted by atomic mass is 9.57. The maximum Gasteiger partial charge on any atom is 0.418 e. The highest BCUT2D eigenvalue weighted by molar-refractivity contribution is 9.10. The van der Waals surface area contributed by atoms with E-state index in [9.17, 15) is 18.0 Å². The Morgan fingerprint density at radius 3 is 2.53 bits per heavy atom. The van der Waals surface area contributed by atoms with Crippen molar-refractivity contribution in [3.63, 3.8) is 0 Å². The molecule has 6 nitrogen and oxygen atoms in total. The Bertz CT molecular complexity index is 1380. The number of aromatic nitrogens is 2. The first-order valence-electron chi connectivity index (χ1n) is 12.5. The summed E-state index contributed by atoms with van der Waals surface area (Å²) < 4.78 is 44.7. The van der Waals surface area contributed by atoms with Gasteiger partial charge in [-0.05, 0) is 65.5 Å². The van der Waals surface area contributed by atoms with Crippen LogP contribution in [0.5, 0.6) is 0 Å². The number of nitrogens with one attached hydrogen (secondary N) is 1. The van der Waals surface area contributed by atoms with Gasteiger partial charge in [-0.1, -0.05) is 19.1 Å². The summed E-state index contributed by atoms with van der Waals surface area (Å²) in [4.78, 5) is 15.7. The largest absolute Gasteiger partial charge is 0.418 e. The number of rotatable bonds is 3. The number of quaternary nitrogens is 1. The van der Waals surface area contributed by atoms with E-state index in [4.69, 9.17) is 0 Å². The number of halogens is 4. The second-order valence-corrected chi connectivity index (χ2v) is 12.0. The van der Waals surface area contributed by atoms with E-state index in [0.717, 1.165) is 53.2 Å². The molecule has 0 amide bonds. The standard InChI is InChI=1S/C26H30BrF3N5O/c1-17-12-25(13-17,23-31-35(16-32(23)2)8-3-4-9-35)18-6-5-7-20(10-18)33-15-22-21(26(28,29)30)11-19(27)14-34(22)24(33)36/h5-7,10-11,14-15,17,23,31H,3-4,8-9,12-13,16H2,1-2H3/q+1. The zero-order valence-electron chi connectivity index (χ0n) is 20.4. The molecule has 3 aromatic rings. The number of hydrogen-bond acceptors (Lipinski definition) is 3. The Labute approximate surface area is 216 Å². The van der Waals surface area contributed by atoms with Crippen molar-refractivity contribution in [2.75, 3.05) is 26.8 Å².